The monoisotopic (exact) mass is 398 g/mol. The van der Waals surface area contributed by atoms with Gasteiger partial charge < -0.3 is 5.32 Å². The minimum Gasteiger partial charge on any atom is -0.305 e. The summed E-state index contributed by atoms with van der Waals surface area (Å²) in [4.78, 5) is 28.0. The molecule has 0 saturated heterocycles. The van der Waals surface area contributed by atoms with Gasteiger partial charge in [0.1, 0.15) is 11.6 Å². The number of fused-ring (bicyclic) bond motifs is 1. The highest BCUT2D eigenvalue weighted by Crippen LogP contribution is 2.25. The van der Waals surface area contributed by atoms with Crippen LogP contribution in [-0.2, 0) is 0 Å². The fourth-order valence-corrected chi connectivity index (χ4v) is 3.14. The molecule has 30 heavy (non-hydrogen) atoms. The zero-order chi connectivity index (χ0) is 21.3. The molecule has 1 N–H and O–H groups in total. The zero-order valence-corrected chi connectivity index (χ0v) is 15.7. The Labute approximate surface area is 170 Å². The van der Waals surface area contributed by atoms with Crippen molar-refractivity contribution in [1.82, 2.24) is 14.8 Å². The summed E-state index contributed by atoms with van der Waals surface area (Å²) < 4.78 is 1.36. The lowest BCUT2D eigenvalue weighted by Gasteiger charge is -2.11. The van der Waals surface area contributed by atoms with Crippen molar-refractivity contribution in [2.75, 3.05) is 5.32 Å². The molecule has 0 spiro atoms. The molecule has 2 aromatic carbocycles. The van der Waals surface area contributed by atoms with Crippen LogP contribution in [-0.4, -0.2) is 25.6 Å². The molecule has 0 aliphatic rings. The number of nitro groups is 1. The molecule has 0 bridgehead atoms. The quantitative estimate of drug-likeness (QED) is 0.412. The summed E-state index contributed by atoms with van der Waals surface area (Å²) in [7, 11) is 0. The van der Waals surface area contributed by atoms with E-state index in [1.165, 1.54) is 36.0 Å². The van der Waals surface area contributed by atoms with E-state index in [9.17, 15) is 20.2 Å². The van der Waals surface area contributed by atoms with Crippen molar-refractivity contribution in [3.8, 4) is 11.9 Å². The lowest BCUT2D eigenvalue weighted by Crippen LogP contribution is -2.18. The van der Waals surface area contributed by atoms with Crippen molar-refractivity contribution in [3.05, 3.63) is 87.6 Å². The predicted octanol–water partition coefficient (Wildman–Crippen LogP) is 3.76. The van der Waals surface area contributed by atoms with Gasteiger partial charge in [-0.15, -0.1) is 0 Å². The van der Waals surface area contributed by atoms with Crippen molar-refractivity contribution in [1.29, 1.82) is 5.26 Å². The molecule has 0 radical (unpaired) electrons. The zero-order valence-electron chi connectivity index (χ0n) is 15.7. The lowest BCUT2D eigenvalue weighted by molar-refractivity contribution is -0.385. The van der Waals surface area contributed by atoms with Crippen molar-refractivity contribution >= 4 is 28.3 Å². The number of carbonyl (C=O) groups excluding carboxylic acids is 1. The van der Waals surface area contributed by atoms with Crippen molar-refractivity contribution in [2.24, 2.45) is 0 Å². The predicted molar refractivity (Wildman–Crippen MR) is 109 cm³/mol. The van der Waals surface area contributed by atoms with E-state index in [1.54, 1.807) is 6.07 Å². The van der Waals surface area contributed by atoms with E-state index in [1.807, 2.05) is 36.4 Å². The molecule has 9 heteroatoms. The second-order valence-electron chi connectivity index (χ2n) is 6.45. The van der Waals surface area contributed by atoms with E-state index in [2.05, 4.69) is 15.4 Å². The van der Waals surface area contributed by atoms with Gasteiger partial charge in [0.2, 0.25) is 0 Å². The molecule has 0 saturated carbocycles. The van der Waals surface area contributed by atoms with E-state index in [4.69, 9.17) is 0 Å². The number of benzene rings is 2. The molecular formula is C21H14N6O3. The number of pyridine rings is 1. The smallest absolute Gasteiger partial charge is 0.273 e. The first kappa shape index (κ1) is 18.8. The Morgan fingerprint density at radius 2 is 1.97 bits per heavy atom. The highest BCUT2D eigenvalue weighted by molar-refractivity contribution is 6.06. The van der Waals surface area contributed by atoms with Crippen LogP contribution in [0, 0.1) is 28.4 Å². The van der Waals surface area contributed by atoms with E-state index in [-0.39, 0.29) is 28.2 Å². The molecule has 146 valence electrons. The minimum absolute atomic E-state index is 0.132. The molecule has 4 rings (SSSR count). The summed E-state index contributed by atoms with van der Waals surface area (Å²) in [5, 5.41) is 28.4. The third-order valence-corrected chi connectivity index (χ3v) is 4.67. The molecule has 2 aromatic heterocycles. The van der Waals surface area contributed by atoms with Crippen molar-refractivity contribution in [3.63, 3.8) is 0 Å². The molecule has 9 nitrogen and oxygen atoms in total. The third-order valence-electron chi connectivity index (χ3n) is 4.67. The first-order valence-corrected chi connectivity index (χ1v) is 8.89. The number of rotatable bonds is 4. The van der Waals surface area contributed by atoms with Crippen LogP contribution in [0.4, 0.5) is 11.5 Å². The number of hydrogen-bond acceptors (Lipinski definition) is 6. The molecule has 2 heterocycles. The van der Waals surface area contributed by atoms with Gasteiger partial charge in [0.25, 0.3) is 11.6 Å². The summed E-state index contributed by atoms with van der Waals surface area (Å²) in [6, 6.07) is 17.4. The molecular weight excluding hydrogens is 384 g/mol. The van der Waals surface area contributed by atoms with Gasteiger partial charge in [0, 0.05) is 22.6 Å². The Morgan fingerprint density at radius 3 is 2.73 bits per heavy atom. The second kappa shape index (κ2) is 7.44. The number of carbonyl (C=O) groups is 1. The van der Waals surface area contributed by atoms with Crippen LogP contribution < -0.4 is 5.32 Å². The molecule has 4 aromatic rings. The van der Waals surface area contributed by atoms with Gasteiger partial charge in [-0.1, -0.05) is 24.3 Å². The Bertz CT molecular complexity index is 1350. The maximum absolute atomic E-state index is 12.9. The average molecular weight is 398 g/mol. The van der Waals surface area contributed by atoms with Crippen LogP contribution >= 0.6 is 0 Å². The molecule has 0 unspecified atom stereocenters. The standard InChI is InChI=1S/C21H14N6O3/c1-13-16(6-4-8-18(13)27(29)30)21(28)25-20-15(11-22)12-23-26(20)19-10-9-14-5-2-3-7-17(14)24-19/h2-10,12H,1H3,(H,25,28). The Kier molecular flexibility index (Phi) is 4.66. The van der Waals surface area contributed by atoms with Crippen LogP contribution in [0.2, 0.25) is 0 Å². The largest absolute Gasteiger partial charge is 0.305 e. The number of aromatic nitrogens is 3. The SMILES string of the molecule is Cc1c(C(=O)Nc2c(C#N)cnn2-c2ccc3ccccc3n2)cccc1[N+](=O)[O-]. The first-order chi connectivity index (χ1) is 14.5. The summed E-state index contributed by atoms with van der Waals surface area (Å²) >= 11 is 0. The highest BCUT2D eigenvalue weighted by Gasteiger charge is 2.21. The number of nitriles is 1. The van der Waals surface area contributed by atoms with E-state index < -0.39 is 10.8 Å². The number of hydrogen-bond donors (Lipinski definition) is 1. The maximum Gasteiger partial charge on any atom is 0.273 e. The molecule has 0 aliphatic carbocycles. The van der Waals surface area contributed by atoms with Gasteiger partial charge in [-0.25, -0.2) is 4.98 Å². The number of nitrogens with one attached hydrogen (secondary N) is 1. The second-order valence-corrected chi connectivity index (χ2v) is 6.45. The van der Waals surface area contributed by atoms with Crippen LogP contribution in [0.25, 0.3) is 16.7 Å². The van der Waals surface area contributed by atoms with Gasteiger partial charge in [-0.3, -0.25) is 14.9 Å². The lowest BCUT2D eigenvalue weighted by atomic mass is 10.1. The van der Waals surface area contributed by atoms with Gasteiger partial charge in [-0.2, -0.15) is 15.0 Å². The van der Waals surface area contributed by atoms with Gasteiger partial charge in [0.15, 0.2) is 11.6 Å². The number of nitro benzene ring substituents is 1. The third kappa shape index (κ3) is 3.22. The summed E-state index contributed by atoms with van der Waals surface area (Å²) in [6.45, 7) is 1.50. The van der Waals surface area contributed by atoms with Crippen LogP contribution in [0.15, 0.2) is 60.8 Å². The van der Waals surface area contributed by atoms with Crippen molar-refractivity contribution in [2.45, 2.75) is 6.92 Å². The Morgan fingerprint density at radius 1 is 1.17 bits per heavy atom. The molecule has 0 aliphatic heterocycles. The number of amides is 1. The number of nitrogens with zero attached hydrogens (tertiary/aromatic N) is 5. The molecule has 0 atom stereocenters. The minimum atomic E-state index is -0.588. The van der Waals surface area contributed by atoms with Gasteiger partial charge in [-0.05, 0) is 31.2 Å². The van der Waals surface area contributed by atoms with Gasteiger partial charge >= 0.3 is 0 Å². The number of para-hydroxylation sites is 1. The topological polar surface area (TPSA) is 127 Å². The van der Waals surface area contributed by atoms with E-state index in [0.717, 1.165) is 10.9 Å². The first-order valence-electron chi connectivity index (χ1n) is 8.89. The van der Waals surface area contributed by atoms with Crippen LogP contribution in [0.5, 0.6) is 0 Å². The maximum atomic E-state index is 12.9. The normalized spacial score (nSPS) is 10.5. The van der Waals surface area contributed by atoms with Gasteiger partial charge in [0.05, 0.1) is 16.6 Å². The summed E-state index contributed by atoms with van der Waals surface area (Å²) in [5.74, 6) is -0.0345. The van der Waals surface area contributed by atoms with Crippen LogP contribution in [0.1, 0.15) is 21.5 Å². The average Bonchev–Trinajstić information content (AvgIpc) is 3.15. The fraction of sp³-hybridized carbons (Fsp3) is 0.0476. The number of anilines is 1. The Hall–Kier alpha value is -4.58. The van der Waals surface area contributed by atoms with Crippen LogP contribution in [0.3, 0.4) is 0 Å². The fourth-order valence-electron chi connectivity index (χ4n) is 3.14. The Balaban J connectivity index is 1.76. The molecule has 1 amide bonds. The van der Waals surface area contributed by atoms with Crippen molar-refractivity contribution < 1.29 is 9.72 Å². The summed E-state index contributed by atoms with van der Waals surface area (Å²) in [6.07, 6.45) is 1.33. The highest BCUT2D eigenvalue weighted by atomic mass is 16.6. The summed E-state index contributed by atoms with van der Waals surface area (Å²) in [5.41, 5.74) is 1.07. The van der Waals surface area contributed by atoms with E-state index in [0.29, 0.717) is 5.82 Å². The molecule has 0 fully saturated rings. The van der Waals surface area contributed by atoms with E-state index >= 15 is 0 Å².